The highest BCUT2D eigenvalue weighted by Crippen LogP contribution is 2.36. The normalized spacial score (nSPS) is 24.3. The van der Waals surface area contributed by atoms with E-state index in [4.69, 9.17) is 5.73 Å². The molecule has 12 heavy (non-hydrogen) atoms. The van der Waals surface area contributed by atoms with Crippen LogP contribution in [0.4, 0.5) is 0 Å². The van der Waals surface area contributed by atoms with E-state index >= 15 is 0 Å². The molecule has 0 aromatic rings. The van der Waals surface area contributed by atoms with Gasteiger partial charge in [-0.25, -0.2) is 0 Å². The summed E-state index contributed by atoms with van der Waals surface area (Å²) in [6.45, 7) is 3.78. The van der Waals surface area contributed by atoms with Crippen molar-refractivity contribution in [3.05, 3.63) is 12.7 Å². The van der Waals surface area contributed by atoms with Crippen molar-refractivity contribution < 1.29 is 0 Å². The van der Waals surface area contributed by atoms with Gasteiger partial charge in [-0.3, -0.25) is 0 Å². The van der Waals surface area contributed by atoms with Gasteiger partial charge in [0, 0.05) is 11.6 Å². The topological polar surface area (TPSA) is 29.3 Å². The molecule has 2 heteroatoms. The summed E-state index contributed by atoms with van der Waals surface area (Å²) < 4.78 is 0. The highest BCUT2D eigenvalue weighted by Gasteiger charge is 2.39. The molecule has 1 unspecified atom stereocenters. The molecule has 0 aromatic heterocycles. The number of rotatable bonds is 3. The molecule has 1 fully saturated rings. The van der Waals surface area contributed by atoms with E-state index in [1.54, 1.807) is 0 Å². The Morgan fingerprint density at radius 2 is 1.92 bits per heavy atom. The Kier molecular flexibility index (Phi) is 2.91. The zero-order chi connectivity index (χ0) is 9.19. The van der Waals surface area contributed by atoms with E-state index in [1.807, 2.05) is 6.08 Å². The summed E-state index contributed by atoms with van der Waals surface area (Å²) in [5.74, 6) is 0. The van der Waals surface area contributed by atoms with Crippen LogP contribution in [-0.2, 0) is 0 Å². The Balaban J connectivity index is 2.78. The molecule has 70 valence electrons. The van der Waals surface area contributed by atoms with Crippen molar-refractivity contribution >= 4 is 0 Å². The number of nitrogens with two attached hydrogens (primary N) is 1. The van der Waals surface area contributed by atoms with Crippen LogP contribution in [0.2, 0.25) is 0 Å². The standard InChI is InChI=1S/C10H20N2/c1-4-9(11)10(12(2)3)7-5-6-8-10/h4,9H,1,5-8,11H2,2-3H3. The Morgan fingerprint density at radius 3 is 2.25 bits per heavy atom. The lowest BCUT2D eigenvalue weighted by molar-refractivity contribution is 0.141. The monoisotopic (exact) mass is 168 g/mol. The van der Waals surface area contributed by atoms with Gasteiger partial charge in [0.2, 0.25) is 0 Å². The Morgan fingerprint density at radius 1 is 1.42 bits per heavy atom. The van der Waals surface area contributed by atoms with Crippen LogP contribution in [0.3, 0.4) is 0 Å². The van der Waals surface area contributed by atoms with Gasteiger partial charge in [0.15, 0.2) is 0 Å². The van der Waals surface area contributed by atoms with Crippen LogP contribution >= 0.6 is 0 Å². The molecular weight excluding hydrogens is 148 g/mol. The Hall–Kier alpha value is -0.340. The number of likely N-dealkylation sites (N-methyl/N-ethyl adjacent to an activating group) is 1. The molecule has 0 aromatic carbocycles. The zero-order valence-corrected chi connectivity index (χ0v) is 8.21. The summed E-state index contributed by atoms with van der Waals surface area (Å²) in [7, 11) is 4.24. The third-order valence-electron chi connectivity index (χ3n) is 3.23. The van der Waals surface area contributed by atoms with Gasteiger partial charge in [-0.05, 0) is 26.9 Å². The van der Waals surface area contributed by atoms with Crippen LogP contribution < -0.4 is 5.73 Å². The van der Waals surface area contributed by atoms with Crippen LogP contribution in [0.25, 0.3) is 0 Å². The zero-order valence-electron chi connectivity index (χ0n) is 8.21. The molecule has 0 amide bonds. The second-order valence-electron chi connectivity index (χ2n) is 3.97. The van der Waals surface area contributed by atoms with Crippen LogP contribution in [0.1, 0.15) is 25.7 Å². The van der Waals surface area contributed by atoms with Gasteiger partial charge in [0.05, 0.1) is 0 Å². The first-order chi connectivity index (χ1) is 5.63. The van der Waals surface area contributed by atoms with Crippen molar-refractivity contribution in [2.45, 2.75) is 37.3 Å². The van der Waals surface area contributed by atoms with E-state index < -0.39 is 0 Å². The van der Waals surface area contributed by atoms with E-state index in [9.17, 15) is 0 Å². The maximum Gasteiger partial charge on any atom is 0.0408 e. The van der Waals surface area contributed by atoms with Crippen molar-refractivity contribution in [3.63, 3.8) is 0 Å². The maximum atomic E-state index is 6.05. The third-order valence-corrected chi connectivity index (χ3v) is 3.23. The fraction of sp³-hybridized carbons (Fsp3) is 0.800. The lowest BCUT2D eigenvalue weighted by atomic mass is 9.87. The molecule has 2 nitrogen and oxygen atoms in total. The van der Waals surface area contributed by atoms with E-state index in [1.165, 1.54) is 25.7 Å². The van der Waals surface area contributed by atoms with Gasteiger partial charge in [0.25, 0.3) is 0 Å². The predicted octanol–water partition coefficient (Wildman–Crippen LogP) is 1.37. The highest BCUT2D eigenvalue weighted by atomic mass is 15.2. The minimum Gasteiger partial charge on any atom is -0.323 e. The van der Waals surface area contributed by atoms with Crippen LogP contribution in [-0.4, -0.2) is 30.6 Å². The first-order valence-electron chi connectivity index (χ1n) is 4.69. The lowest BCUT2D eigenvalue weighted by Crippen LogP contribution is -2.54. The smallest absolute Gasteiger partial charge is 0.0408 e. The molecule has 1 aliphatic carbocycles. The second kappa shape index (κ2) is 3.58. The van der Waals surface area contributed by atoms with Crippen LogP contribution in [0.15, 0.2) is 12.7 Å². The fourth-order valence-electron chi connectivity index (χ4n) is 2.29. The Labute approximate surface area is 75.4 Å². The molecule has 1 atom stereocenters. The fourth-order valence-corrected chi connectivity index (χ4v) is 2.29. The SMILES string of the molecule is C=CC(N)C1(N(C)C)CCCC1. The molecule has 0 heterocycles. The molecule has 0 bridgehead atoms. The first kappa shape index (κ1) is 9.75. The molecule has 0 radical (unpaired) electrons. The lowest BCUT2D eigenvalue weighted by Gasteiger charge is -2.40. The van der Waals surface area contributed by atoms with Gasteiger partial charge in [-0.1, -0.05) is 18.9 Å². The van der Waals surface area contributed by atoms with Gasteiger partial charge in [-0.15, -0.1) is 6.58 Å². The predicted molar refractivity (Wildman–Crippen MR) is 53.1 cm³/mol. The summed E-state index contributed by atoms with van der Waals surface area (Å²) >= 11 is 0. The number of hydrogen-bond acceptors (Lipinski definition) is 2. The van der Waals surface area contributed by atoms with Crippen molar-refractivity contribution in [2.24, 2.45) is 5.73 Å². The quantitative estimate of drug-likeness (QED) is 0.645. The van der Waals surface area contributed by atoms with Gasteiger partial charge >= 0.3 is 0 Å². The van der Waals surface area contributed by atoms with Gasteiger partial charge in [-0.2, -0.15) is 0 Å². The van der Waals surface area contributed by atoms with Gasteiger partial charge in [0.1, 0.15) is 0 Å². The highest BCUT2D eigenvalue weighted by molar-refractivity contribution is 5.07. The maximum absolute atomic E-state index is 6.05. The summed E-state index contributed by atoms with van der Waals surface area (Å²) in [4.78, 5) is 2.27. The summed E-state index contributed by atoms with van der Waals surface area (Å²) in [5, 5.41) is 0. The van der Waals surface area contributed by atoms with E-state index in [2.05, 4.69) is 25.6 Å². The van der Waals surface area contributed by atoms with Crippen molar-refractivity contribution in [3.8, 4) is 0 Å². The molecule has 0 saturated heterocycles. The number of nitrogens with zero attached hydrogens (tertiary/aromatic N) is 1. The van der Waals surface area contributed by atoms with E-state index in [0.717, 1.165) is 0 Å². The number of hydrogen-bond donors (Lipinski definition) is 1. The Bertz CT molecular complexity index is 157. The van der Waals surface area contributed by atoms with Crippen LogP contribution in [0.5, 0.6) is 0 Å². The van der Waals surface area contributed by atoms with Crippen molar-refractivity contribution in [1.82, 2.24) is 4.90 Å². The van der Waals surface area contributed by atoms with Crippen LogP contribution in [0, 0.1) is 0 Å². The molecular formula is C10H20N2. The largest absolute Gasteiger partial charge is 0.323 e. The molecule has 0 aliphatic heterocycles. The minimum absolute atomic E-state index is 0.120. The second-order valence-corrected chi connectivity index (χ2v) is 3.97. The summed E-state index contributed by atoms with van der Waals surface area (Å²) in [6, 6.07) is 0.120. The molecule has 0 spiro atoms. The molecule has 1 aliphatic rings. The first-order valence-corrected chi connectivity index (χ1v) is 4.69. The molecule has 2 N–H and O–H groups in total. The third kappa shape index (κ3) is 1.41. The molecule has 1 saturated carbocycles. The van der Waals surface area contributed by atoms with Crippen molar-refractivity contribution in [1.29, 1.82) is 0 Å². The molecule has 1 rings (SSSR count). The summed E-state index contributed by atoms with van der Waals surface area (Å²) in [6.07, 6.45) is 6.92. The van der Waals surface area contributed by atoms with E-state index in [-0.39, 0.29) is 11.6 Å². The van der Waals surface area contributed by atoms with E-state index in [0.29, 0.717) is 0 Å². The minimum atomic E-state index is 0.120. The average Bonchev–Trinajstić information content (AvgIpc) is 2.52. The van der Waals surface area contributed by atoms with Gasteiger partial charge < -0.3 is 10.6 Å². The summed E-state index contributed by atoms with van der Waals surface area (Å²) in [5.41, 5.74) is 6.25. The van der Waals surface area contributed by atoms with Crippen molar-refractivity contribution in [2.75, 3.05) is 14.1 Å². The average molecular weight is 168 g/mol.